The summed E-state index contributed by atoms with van der Waals surface area (Å²) in [5, 5.41) is 0.115. The van der Waals surface area contributed by atoms with E-state index in [0.717, 1.165) is 10.3 Å². The summed E-state index contributed by atoms with van der Waals surface area (Å²) >= 11 is 10.7. The van der Waals surface area contributed by atoms with E-state index in [4.69, 9.17) is 23.4 Å². The lowest BCUT2D eigenvalue weighted by Gasteiger charge is -1.91. The summed E-state index contributed by atoms with van der Waals surface area (Å²) in [5.41, 5.74) is -0.427. The van der Waals surface area contributed by atoms with E-state index in [1.165, 1.54) is 6.20 Å². The largest absolute Gasteiger partial charge is 0.284 e. The fourth-order valence-corrected chi connectivity index (χ4v) is 0.596. The highest BCUT2D eigenvalue weighted by Gasteiger charge is 1.94. The molecule has 1 rings (SSSR count). The van der Waals surface area contributed by atoms with E-state index < -0.39 is 5.56 Å². The standard InChI is InChI=1S/C4H2Cl2N2O/c5-3-1-7-2-4(9)8(3)6/h1-2H. The molecule has 0 amide bonds. The van der Waals surface area contributed by atoms with Crippen molar-refractivity contribution in [1.82, 2.24) is 9.07 Å². The Hall–Kier alpha value is -0.540. The van der Waals surface area contributed by atoms with Crippen LogP contribution in [0.2, 0.25) is 5.15 Å². The van der Waals surface area contributed by atoms with Crippen molar-refractivity contribution in [3.05, 3.63) is 27.9 Å². The molecule has 0 saturated heterocycles. The highest BCUT2D eigenvalue weighted by atomic mass is 35.5. The molecule has 48 valence electrons. The maximum atomic E-state index is 10.5. The lowest BCUT2D eigenvalue weighted by Crippen LogP contribution is -2.11. The average Bonchev–Trinajstić information content (AvgIpc) is 1.83. The molecule has 0 radical (unpaired) electrons. The number of hydrogen-bond acceptors (Lipinski definition) is 2. The molecule has 0 atom stereocenters. The third-order valence-electron chi connectivity index (χ3n) is 0.747. The third-order valence-corrected chi connectivity index (χ3v) is 1.45. The fourth-order valence-electron chi connectivity index (χ4n) is 0.369. The van der Waals surface area contributed by atoms with E-state index in [1.807, 2.05) is 0 Å². The zero-order valence-corrected chi connectivity index (χ0v) is 5.73. The van der Waals surface area contributed by atoms with Crippen LogP contribution in [0.5, 0.6) is 0 Å². The van der Waals surface area contributed by atoms with Crippen LogP contribution in [0.15, 0.2) is 17.2 Å². The van der Waals surface area contributed by atoms with Crippen molar-refractivity contribution in [2.24, 2.45) is 0 Å². The van der Waals surface area contributed by atoms with Crippen molar-refractivity contribution in [3.63, 3.8) is 0 Å². The molecular formula is C4H2Cl2N2O. The zero-order valence-electron chi connectivity index (χ0n) is 4.21. The third kappa shape index (κ3) is 1.23. The van der Waals surface area contributed by atoms with Gasteiger partial charge < -0.3 is 0 Å². The van der Waals surface area contributed by atoms with Crippen LogP contribution < -0.4 is 5.56 Å². The minimum absolute atomic E-state index is 0.115. The normalized spacial score (nSPS) is 9.56. The molecule has 0 spiro atoms. The summed E-state index contributed by atoms with van der Waals surface area (Å²) in [5.74, 6) is 0. The predicted molar refractivity (Wildman–Crippen MR) is 34.8 cm³/mol. The molecule has 0 fully saturated rings. The molecule has 0 unspecified atom stereocenters. The molecule has 5 heteroatoms. The summed E-state index contributed by atoms with van der Waals surface area (Å²) in [6, 6.07) is 0. The Kier molecular flexibility index (Phi) is 1.73. The highest BCUT2D eigenvalue weighted by Crippen LogP contribution is 2.02. The van der Waals surface area contributed by atoms with Crippen LogP contribution in [0.1, 0.15) is 0 Å². The minimum Gasteiger partial charge on any atom is -0.266 e. The Balaban J connectivity index is 3.43. The summed E-state index contributed by atoms with van der Waals surface area (Å²) in [6.45, 7) is 0. The van der Waals surface area contributed by atoms with Crippen LogP contribution >= 0.6 is 23.4 Å². The number of hydrogen-bond donors (Lipinski definition) is 0. The Morgan fingerprint density at radius 3 is 2.67 bits per heavy atom. The molecule has 0 aliphatic rings. The van der Waals surface area contributed by atoms with Gasteiger partial charge in [0.1, 0.15) is 5.15 Å². The second-order valence-electron chi connectivity index (χ2n) is 1.35. The predicted octanol–water partition coefficient (Wildman–Crippen LogP) is 0.899. The van der Waals surface area contributed by atoms with E-state index in [1.54, 1.807) is 0 Å². The van der Waals surface area contributed by atoms with Crippen LogP contribution in [-0.2, 0) is 0 Å². The topological polar surface area (TPSA) is 34.9 Å². The van der Waals surface area contributed by atoms with Crippen LogP contribution in [0.4, 0.5) is 0 Å². The first-order valence-electron chi connectivity index (χ1n) is 2.10. The van der Waals surface area contributed by atoms with Gasteiger partial charge in [-0.2, -0.15) is 0 Å². The smallest absolute Gasteiger partial charge is 0.266 e. The Labute approximate surface area is 61.0 Å². The first-order valence-corrected chi connectivity index (χ1v) is 2.82. The first-order chi connectivity index (χ1) is 4.22. The number of rotatable bonds is 0. The van der Waals surface area contributed by atoms with Gasteiger partial charge in [0.25, 0.3) is 5.56 Å². The monoisotopic (exact) mass is 164 g/mol. The second kappa shape index (κ2) is 2.37. The van der Waals surface area contributed by atoms with Crippen molar-refractivity contribution < 1.29 is 0 Å². The van der Waals surface area contributed by atoms with Gasteiger partial charge in [-0.1, -0.05) is 11.6 Å². The number of halogens is 2. The van der Waals surface area contributed by atoms with E-state index in [0.29, 0.717) is 0 Å². The van der Waals surface area contributed by atoms with Crippen molar-refractivity contribution in [1.29, 1.82) is 0 Å². The average molecular weight is 165 g/mol. The molecule has 1 heterocycles. The van der Waals surface area contributed by atoms with Crippen LogP contribution in [-0.4, -0.2) is 9.07 Å². The van der Waals surface area contributed by atoms with Gasteiger partial charge in [0.05, 0.1) is 12.4 Å². The van der Waals surface area contributed by atoms with Gasteiger partial charge in [-0.3, -0.25) is 9.78 Å². The molecule has 0 aliphatic heterocycles. The van der Waals surface area contributed by atoms with E-state index in [9.17, 15) is 4.79 Å². The molecule has 0 aliphatic carbocycles. The maximum absolute atomic E-state index is 10.5. The quantitative estimate of drug-likeness (QED) is 0.572. The van der Waals surface area contributed by atoms with Gasteiger partial charge in [-0.05, 0) is 0 Å². The first kappa shape index (κ1) is 6.58. The Bertz CT molecular complexity index is 270. The zero-order chi connectivity index (χ0) is 6.85. The summed E-state index contributed by atoms with van der Waals surface area (Å²) < 4.78 is 0.786. The molecule has 1 aromatic rings. The SMILES string of the molecule is O=c1cncc(Cl)n1Cl. The van der Waals surface area contributed by atoms with Crippen LogP contribution in [0.25, 0.3) is 0 Å². The molecular weight excluding hydrogens is 163 g/mol. The Morgan fingerprint density at radius 1 is 1.56 bits per heavy atom. The fraction of sp³-hybridized carbons (Fsp3) is 0. The van der Waals surface area contributed by atoms with Gasteiger partial charge >= 0.3 is 0 Å². The number of nitrogens with zero attached hydrogens (tertiary/aromatic N) is 2. The van der Waals surface area contributed by atoms with E-state index in [-0.39, 0.29) is 5.15 Å². The van der Waals surface area contributed by atoms with Crippen LogP contribution in [0, 0.1) is 0 Å². The molecule has 1 aromatic heterocycles. The molecule has 0 saturated carbocycles. The van der Waals surface area contributed by atoms with Gasteiger partial charge in [-0.25, -0.2) is 4.09 Å². The summed E-state index contributed by atoms with van der Waals surface area (Å²) in [6.07, 6.45) is 2.37. The molecule has 9 heavy (non-hydrogen) atoms. The van der Waals surface area contributed by atoms with Gasteiger partial charge in [-0.15, -0.1) is 0 Å². The van der Waals surface area contributed by atoms with Crippen LogP contribution in [0.3, 0.4) is 0 Å². The molecule has 0 aromatic carbocycles. The second-order valence-corrected chi connectivity index (χ2v) is 2.07. The van der Waals surface area contributed by atoms with Gasteiger partial charge in [0.2, 0.25) is 0 Å². The van der Waals surface area contributed by atoms with E-state index >= 15 is 0 Å². The maximum Gasteiger partial charge on any atom is 0.284 e. The van der Waals surface area contributed by atoms with Gasteiger partial charge in [0, 0.05) is 11.8 Å². The lowest BCUT2D eigenvalue weighted by molar-refractivity contribution is 1.06. The lowest BCUT2D eigenvalue weighted by atomic mass is 10.7. The molecule has 0 bridgehead atoms. The van der Waals surface area contributed by atoms with Crippen molar-refractivity contribution in [2.45, 2.75) is 0 Å². The van der Waals surface area contributed by atoms with Crippen molar-refractivity contribution >= 4 is 23.4 Å². The molecule has 0 N–H and O–H groups in total. The summed E-state index contributed by atoms with van der Waals surface area (Å²) in [7, 11) is 0. The summed E-state index contributed by atoms with van der Waals surface area (Å²) in [4.78, 5) is 14.0. The molecule has 3 nitrogen and oxygen atoms in total. The van der Waals surface area contributed by atoms with Gasteiger partial charge in [0.15, 0.2) is 0 Å². The number of aromatic nitrogens is 2. The van der Waals surface area contributed by atoms with Crippen molar-refractivity contribution in [2.75, 3.05) is 0 Å². The minimum atomic E-state index is -0.427. The van der Waals surface area contributed by atoms with E-state index in [2.05, 4.69) is 4.98 Å². The Morgan fingerprint density at radius 2 is 2.22 bits per heavy atom. The van der Waals surface area contributed by atoms with Crippen molar-refractivity contribution in [3.8, 4) is 0 Å². The highest BCUT2D eigenvalue weighted by molar-refractivity contribution is 6.32.